The summed E-state index contributed by atoms with van der Waals surface area (Å²) in [5, 5.41) is 3.41. The number of halogens is 2. The molecule has 4 nitrogen and oxygen atoms in total. The van der Waals surface area contributed by atoms with Gasteiger partial charge in [-0.15, -0.1) is 12.4 Å². The van der Waals surface area contributed by atoms with Gasteiger partial charge in [0, 0.05) is 39.4 Å². The zero-order valence-electron chi connectivity index (χ0n) is 13.7. The maximum Gasteiger partial charge on any atom is 0.233 e. The second-order valence-electron chi connectivity index (χ2n) is 7.09. The highest BCUT2D eigenvalue weighted by atomic mass is 35.5. The van der Waals surface area contributed by atoms with Crippen LogP contribution in [0.1, 0.15) is 18.4 Å². The molecule has 4 rings (SSSR count). The SMILES string of the molecule is Cl.O=C(N1C[C@H]2CNC[C@H]2C1)C1(c2ccc(F)cc2)CCOCC1. The van der Waals surface area contributed by atoms with Gasteiger partial charge in [-0.3, -0.25) is 4.79 Å². The second-order valence-corrected chi connectivity index (χ2v) is 7.09. The van der Waals surface area contributed by atoms with Gasteiger partial charge in [-0.2, -0.15) is 0 Å². The van der Waals surface area contributed by atoms with Crippen LogP contribution in [0.15, 0.2) is 24.3 Å². The molecule has 1 amide bonds. The average molecular weight is 355 g/mol. The maximum absolute atomic E-state index is 13.4. The van der Waals surface area contributed by atoms with E-state index in [1.165, 1.54) is 12.1 Å². The van der Waals surface area contributed by atoms with Crippen LogP contribution in [0.4, 0.5) is 4.39 Å². The summed E-state index contributed by atoms with van der Waals surface area (Å²) in [6.45, 7) is 4.90. The van der Waals surface area contributed by atoms with Crippen LogP contribution in [0.25, 0.3) is 0 Å². The van der Waals surface area contributed by atoms with E-state index in [0.717, 1.165) is 31.7 Å². The Labute approximate surface area is 148 Å². The van der Waals surface area contributed by atoms with E-state index in [1.54, 1.807) is 12.1 Å². The van der Waals surface area contributed by atoms with Gasteiger partial charge in [0.25, 0.3) is 0 Å². The first-order valence-corrected chi connectivity index (χ1v) is 8.53. The second kappa shape index (κ2) is 6.98. The van der Waals surface area contributed by atoms with Gasteiger partial charge in [0.1, 0.15) is 5.82 Å². The Bertz CT molecular complexity index is 577. The molecule has 3 heterocycles. The van der Waals surface area contributed by atoms with Crippen LogP contribution in [-0.2, 0) is 14.9 Å². The van der Waals surface area contributed by atoms with Crippen LogP contribution in [-0.4, -0.2) is 50.2 Å². The molecule has 3 aliphatic rings. The Balaban J connectivity index is 0.00000169. The Kier molecular flexibility index (Phi) is 5.13. The highest BCUT2D eigenvalue weighted by molar-refractivity contribution is 5.88. The summed E-state index contributed by atoms with van der Waals surface area (Å²) in [6.07, 6.45) is 1.36. The van der Waals surface area contributed by atoms with Crippen molar-refractivity contribution in [3.05, 3.63) is 35.6 Å². The van der Waals surface area contributed by atoms with Crippen molar-refractivity contribution in [2.45, 2.75) is 18.3 Å². The average Bonchev–Trinajstić information content (AvgIpc) is 3.17. The quantitative estimate of drug-likeness (QED) is 0.883. The smallest absolute Gasteiger partial charge is 0.233 e. The number of fused-ring (bicyclic) bond motifs is 1. The standard InChI is InChI=1S/C18H23FN2O2.ClH/c19-16-3-1-15(2-4-16)18(5-7-23-8-6-18)17(22)21-11-13-9-20-10-14(13)12-21;/h1-4,13-14,20H,5-12H2;1H/t13-,14+;. The number of carbonyl (C=O) groups is 1. The summed E-state index contributed by atoms with van der Waals surface area (Å²) in [5.41, 5.74) is 0.389. The molecule has 0 aromatic heterocycles. The molecule has 6 heteroatoms. The van der Waals surface area contributed by atoms with Crippen molar-refractivity contribution in [1.29, 1.82) is 0 Å². The van der Waals surface area contributed by atoms with Crippen LogP contribution in [0.5, 0.6) is 0 Å². The summed E-state index contributed by atoms with van der Waals surface area (Å²) in [7, 11) is 0. The van der Waals surface area contributed by atoms with Crippen LogP contribution >= 0.6 is 12.4 Å². The first-order valence-electron chi connectivity index (χ1n) is 8.53. The monoisotopic (exact) mass is 354 g/mol. The third kappa shape index (κ3) is 2.93. The predicted octanol–water partition coefficient (Wildman–Crippen LogP) is 1.97. The van der Waals surface area contributed by atoms with E-state index in [2.05, 4.69) is 5.32 Å². The number of nitrogens with zero attached hydrogens (tertiary/aromatic N) is 1. The minimum atomic E-state index is -0.544. The molecule has 3 saturated heterocycles. The van der Waals surface area contributed by atoms with Gasteiger partial charge in [0.15, 0.2) is 0 Å². The molecule has 2 atom stereocenters. The molecule has 0 saturated carbocycles. The van der Waals surface area contributed by atoms with Crippen LogP contribution < -0.4 is 5.32 Å². The van der Waals surface area contributed by atoms with E-state index in [9.17, 15) is 9.18 Å². The van der Waals surface area contributed by atoms with Crippen molar-refractivity contribution in [2.24, 2.45) is 11.8 Å². The normalized spacial score (nSPS) is 28.3. The van der Waals surface area contributed by atoms with Crippen LogP contribution in [0.3, 0.4) is 0 Å². The summed E-state index contributed by atoms with van der Waals surface area (Å²) < 4.78 is 18.8. The molecule has 0 unspecified atom stereocenters. The van der Waals surface area contributed by atoms with Crippen molar-refractivity contribution in [3.8, 4) is 0 Å². The lowest BCUT2D eigenvalue weighted by molar-refractivity contribution is -0.140. The molecule has 1 aromatic carbocycles. The molecule has 0 bridgehead atoms. The summed E-state index contributed by atoms with van der Waals surface area (Å²) in [5.74, 6) is 1.13. The van der Waals surface area contributed by atoms with Crippen molar-refractivity contribution < 1.29 is 13.9 Å². The molecule has 3 aliphatic heterocycles. The highest BCUT2D eigenvalue weighted by Crippen LogP contribution is 2.39. The fourth-order valence-electron chi connectivity index (χ4n) is 4.44. The van der Waals surface area contributed by atoms with E-state index in [4.69, 9.17) is 4.74 Å². The van der Waals surface area contributed by atoms with E-state index < -0.39 is 5.41 Å². The molecular formula is C18H24ClFN2O2. The van der Waals surface area contributed by atoms with E-state index in [0.29, 0.717) is 37.9 Å². The number of amides is 1. The first kappa shape index (κ1) is 17.6. The van der Waals surface area contributed by atoms with Gasteiger partial charge < -0.3 is 15.0 Å². The van der Waals surface area contributed by atoms with Crippen LogP contribution in [0, 0.1) is 17.7 Å². The number of ether oxygens (including phenoxy) is 1. The molecule has 1 N–H and O–H groups in total. The van der Waals surface area contributed by atoms with Gasteiger partial charge in [-0.05, 0) is 42.4 Å². The largest absolute Gasteiger partial charge is 0.381 e. The lowest BCUT2D eigenvalue weighted by Gasteiger charge is -2.39. The third-order valence-electron chi connectivity index (χ3n) is 5.83. The fourth-order valence-corrected chi connectivity index (χ4v) is 4.44. The van der Waals surface area contributed by atoms with Gasteiger partial charge in [-0.25, -0.2) is 4.39 Å². The molecule has 1 aromatic rings. The molecular weight excluding hydrogens is 331 g/mol. The van der Waals surface area contributed by atoms with Crippen molar-refractivity contribution in [3.63, 3.8) is 0 Å². The molecule has 0 spiro atoms. The topological polar surface area (TPSA) is 41.6 Å². The minimum Gasteiger partial charge on any atom is -0.381 e. The Hall–Kier alpha value is -1.17. The number of nitrogens with one attached hydrogen (secondary N) is 1. The lowest BCUT2D eigenvalue weighted by Crippen LogP contribution is -2.49. The van der Waals surface area contributed by atoms with E-state index in [1.807, 2.05) is 4.90 Å². The van der Waals surface area contributed by atoms with E-state index >= 15 is 0 Å². The predicted molar refractivity (Wildman–Crippen MR) is 91.8 cm³/mol. The van der Waals surface area contributed by atoms with Crippen molar-refractivity contribution >= 4 is 18.3 Å². The number of hydrogen-bond donors (Lipinski definition) is 1. The molecule has 132 valence electrons. The number of rotatable bonds is 2. The molecule has 0 radical (unpaired) electrons. The minimum absolute atomic E-state index is 0. The Morgan fingerprint density at radius 1 is 1.12 bits per heavy atom. The zero-order chi connectivity index (χ0) is 15.9. The molecule has 24 heavy (non-hydrogen) atoms. The maximum atomic E-state index is 13.4. The number of likely N-dealkylation sites (tertiary alicyclic amines) is 1. The molecule has 3 fully saturated rings. The lowest BCUT2D eigenvalue weighted by atomic mass is 9.73. The fraction of sp³-hybridized carbons (Fsp3) is 0.611. The number of hydrogen-bond acceptors (Lipinski definition) is 3. The summed E-state index contributed by atoms with van der Waals surface area (Å²) in [6, 6.07) is 6.47. The van der Waals surface area contributed by atoms with Crippen molar-refractivity contribution in [1.82, 2.24) is 10.2 Å². The van der Waals surface area contributed by atoms with Crippen molar-refractivity contribution in [2.75, 3.05) is 39.4 Å². The van der Waals surface area contributed by atoms with Gasteiger partial charge in [0.05, 0.1) is 5.41 Å². The summed E-state index contributed by atoms with van der Waals surface area (Å²) in [4.78, 5) is 15.4. The Morgan fingerprint density at radius 2 is 1.71 bits per heavy atom. The molecule has 0 aliphatic carbocycles. The zero-order valence-corrected chi connectivity index (χ0v) is 14.5. The van der Waals surface area contributed by atoms with Gasteiger partial charge in [-0.1, -0.05) is 12.1 Å². The van der Waals surface area contributed by atoms with Gasteiger partial charge in [0.2, 0.25) is 5.91 Å². The number of benzene rings is 1. The third-order valence-corrected chi connectivity index (χ3v) is 5.83. The number of carbonyl (C=O) groups excluding carboxylic acids is 1. The van der Waals surface area contributed by atoms with Crippen LogP contribution in [0.2, 0.25) is 0 Å². The first-order chi connectivity index (χ1) is 11.2. The van der Waals surface area contributed by atoms with E-state index in [-0.39, 0.29) is 24.1 Å². The highest BCUT2D eigenvalue weighted by Gasteiger charge is 2.47. The summed E-state index contributed by atoms with van der Waals surface area (Å²) >= 11 is 0. The Morgan fingerprint density at radius 3 is 2.29 bits per heavy atom. The van der Waals surface area contributed by atoms with Gasteiger partial charge >= 0.3 is 0 Å².